The average Bonchev–Trinajstić information content (AvgIpc) is 3.01. The quantitative estimate of drug-likeness (QED) is 0.0269. The van der Waals surface area contributed by atoms with Crippen LogP contribution in [-0.4, -0.2) is 111 Å². The number of phosphoric ester groups is 1. The Kier molecular flexibility index (Phi) is 21.7. The van der Waals surface area contributed by atoms with E-state index in [1.54, 1.807) is 0 Å². The van der Waals surface area contributed by atoms with Crippen LogP contribution in [0.15, 0.2) is 0 Å². The first kappa shape index (κ1) is 47.5. The van der Waals surface area contributed by atoms with Crippen molar-refractivity contribution < 1.29 is 56.7 Å². The van der Waals surface area contributed by atoms with Crippen molar-refractivity contribution in [2.75, 3.05) is 72.2 Å². The molecule has 0 aliphatic rings. The summed E-state index contributed by atoms with van der Waals surface area (Å²) >= 11 is 13.0. The minimum Gasteiger partial charge on any atom is -0.756 e. The molecule has 0 fully saturated rings. The van der Waals surface area contributed by atoms with Gasteiger partial charge in [-0.05, 0) is 58.6 Å². The predicted octanol–water partition coefficient (Wildman–Crippen LogP) is 3.30. The number of ether oxygens (including phenoxy) is 2. The number of phosphoric acid groups is 1. The van der Waals surface area contributed by atoms with Crippen molar-refractivity contribution in [1.29, 1.82) is 5.26 Å². The number of thiol groups is 3. The minimum atomic E-state index is -4.65. The predicted molar refractivity (Wildman–Crippen MR) is 192 cm³/mol. The maximum Gasteiger partial charge on any atom is 0.313 e. The number of likely N-dealkylation sites (N-methyl/N-ethyl adjacent to an activating group) is 1. The molecule has 5 atom stereocenters. The molecule has 49 heavy (non-hydrogen) atoms. The Morgan fingerprint density at radius 1 is 0.959 bits per heavy atom. The molecule has 0 aliphatic carbocycles. The number of carboxylic acids is 1. The lowest BCUT2D eigenvalue weighted by molar-refractivity contribution is -0.870. The van der Waals surface area contributed by atoms with Crippen LogP contribution in [0.2, 0.25) is 0 Å². The summed E-state index contributed by atoms with van der Waals surface area (Å²) in [6.45, 7) is 3.39. The first-order valence-corrected chi connectivity index (χ1v) is 19.4. The van der Waals surface area contributed by atoms with Gasteiger partial charge in [0.1, 0.15) is 26.4 Å². The summed E-state index contributed by atoms with van der Waals surface area (Å²) in [7, 11) is 0.940. The molecule has 1 amide bonds. The van der Waals surface area contributed by atoms with Gasteiger partial charge >= 0.3 is 17.9 Å². The topological polar surface area (TPSA) is 201 Å². The lowest BCUT2D eigenvalue weighted by Crippen LogP contribution is -2.50. The Labute approximate surface area is 307 Å². The maximum atomic E-state index is 13.7. The molecule has 0 saturated carbocycles. The van der Waals surface area contributed by atoms with E-state index in [2.05, 4.69) is 49.3 Å². The second-order valence-corrected chi connectivity index (χ2v) is 16.6. The molecule has 0 spiro atoms. The molecule has 5 unspecified atom stereocenters. The number of nitrogens with one attached hydrogen (secondary N) is 1. The Morgan fingerprint density at radius 3 is 2.12 bits per heavy atom. The summed E-state index contributed by atoms with van der Waals surface area (Å²) in [6, 6.07) is 2.07. The lowest BCUT2D eigenvalue weighted by Gasteiger charge is -2.43. The standard InChI is InChI=1S/C31H56N3O11PS3/c1-29(23-48,27(38)43-18-19-45-46(40,41)44-17-15-34(4,5)6)21-31(3,30(2,22-32)13-11-26(36)37)28(39)42-16-14-33-25(35)10-8-7-9-24(49)12-20-47/h24H,7-21,23H2,1-6H3,(H5-,33,35,36,37,40,41,47,48,49). The third-order valence-corrected chi connectivity index (χ3v) is 10.7. The number of quaternary nitrogens is 1. The van der Waals surface area contributed by atoms with E-state index in [1.807, 2.05) is 21.1 Å². The molecule has 14 nitrogen and oxygen atoms in total. The molecular formula is C31H56N3O11PS3. The zero-order valence-corrected chi connectivity index (χ0v) is 33.2. The van der Waals surface area contributed by atoms with Gasteiger partial charge in [-0.1, -0.05) is 6.42 Å². The molecule has 0 heterocycles. The van der Waals surface area contributed by atoms with Crippen LogP contribution in [0.25, 0.3) is 0 Å². The number of hydrogen-bond acceptors (Lipinski definition) is 14. The number of hydrogen-bond donors (Lipinski definition) is 5. The lowest BCUT2D eigenvalue weighted by atomic mass is 9.58. The maximum absolute atomic E-state index is 13.7. The molecular weight excluding hydrogens is 718 g/mol. The number of nitriles is 1. The summed E-state index contributed by atoms with van der Waals surface area (Å²) in [4.78, 5) is 62.8. The van der Waals surface area contributed by atoms with Crippen molar-refractivity contribution in [1.82, 2.24) is 5.32 Å². The second-order valence-electron chi connectivity index (χ2n) is 13.7. The van der Waals surface area contributed by atoms with Crippen LogP contribution in [-0.2, 0) is 42.3 Å². The zero-order chi connectivity index (χ0) is 37.9. The van der Waals surface area contributed by atoms with Gasteiger partial charge in [0.2, 0.25) is 5.91 Å². The van der Waals surface area contributed by atoms with Crippen molar-refractivity contribution >= 4 is 69.5 Å². The molecule has 0 aromatic rings. The van der Waals surface area contributed by atoms with E-state index in [-0.39, 0.29) is 55.9 Å². The third kappa shape index (κ3) is 18.5. The van der Waals surface area contributed by atoms with E-state index < -0.39 is 61.6 Å². The van der Waals surface area contributed by atoms with E-state index in [0.717, 1.165) is 25.0 Å². The summed E-state index contributed by atoms with van der Waals surface area (Å²) in [5, 5.41) is 22.5. The van der Waals surface area contributed by atoms with Crippen molar-refractivity contribution in [3.05, 3.63) is 0 Å². The van der Waals surface area contributed by atoms with Gasteiger partial charge in [-0.3, -0.25) is 23.7 Å². The van der Waals surface area contributed by atoms with Crippen molar-refractivity contribution in [3.63, 3.8) is 0 Å². The largest absolute Gasteiger partial charge is 0.756 e. The highest BCUT2D eigenvalue weighted by atomic mass is 32.1. The van der Waals surface area contributed by atoms with E-state index in [1.165, 1.54) is 20.8 Å². The highest BCUT2D eigenvalue weighted by molar-refractivity contribution is 7.81. The Hall–Kier alpha value is -1.51. The van der Waals surface area contributed by atoms with E-state index in [4.69, 9.17) is 18.5 Å². The SMILES string of the molecule is CC(CS)(CC(C)(C(=O)OCCNC(=O)CCCCC(S)CCS)C(C)(C#N)CCC(=O)O)C(=O)OCCOP(=O)([O-])OCC[N+](C)(C)C. The number of nitrogens with zero attached hydrogens (tertiary/aromatic N) is 2. The van der Waals surface area contributed by atoms with Crippen LogP contribution in [0.4, 0.5) is 0 Å². The Balaban J connectivity index is 5.53. The third-order valence-electron chi connectivity index (χ3n) is 8.23. The van der Waals surface area contributed by atoms with Crippen LogP contribution in [0.3, 0.4) is 0 Å². The van der Waals surface area contributed by atoms with Gasteiger partial charge in [-0.2, -0.15) is 43.1 Å². The van der Waals surface area contributed by atoms with Gasteiger partial charge in [0.05, 0.1) is 56.6 Å². The van der Waals surface area contributed by atoms with Gasteiger partial charge in [-0.15, -0.1) is 0 Å². The molecule has 0 aromatic heterocycles. The van der Waals surface area contributed by atoms with Gasteiger partial charge in [0.15, 0.2) is 0 Å². The van der Waals surface area contributed by atoms with Gasteiger partial charge in [-0.25, -0.2) is 0 Å². The smallest absolute Gasteiger partial charge is 0.313 e. The number of unbranched alkanes of at least 4 members (excludes halogenated alkanes) is 1. The van der Waals surface area contributed by atoms with Crippen molar-refractivity contribution in [3.8, 4) is 6.07 Å². The fourth-order valence-corrected chi connectivity index (χ4v) is 6.49. The van der Waals surface area contributed by atoms with Crippen molar-refractivity contribution in [2.24, 2.45) is 16.2 Å². The highest BCUT2D eigenvalue weighted by Crippen LogP contribution is 2.51. The number of esters is 2. The summed E-state index contributed by atoms with van der Waals surface area (Å²) in [6.07, 6.45) is 2.54. The zero-order valence-electron chi connectivity index (χ0n) is 29.6. The fraction of sp³-hybridized carbons (Fsp3) is 0.839. The monoisotopic (exact) mass is 773 g/mol. The molecule has 0 aliphatic heterocycles. The molecule has 2 N–H and O–H groups in total. The van der Waals surface area contributed by atoms with E-state index >= 15 is 0 Å². The molecule has 18 heteroatoms. The Morgan fingerprint density at radius 2 is 1.57 bits per heavy atom. The molecule has 0 saturated heterocycles. The number of carboxylic acid groups (broad SMARTS) is 1. The van der Waals surface area contributed by atoms with Crippen LogP contribution >= 0.6 is 45.7 Å². The van der Waals surface area contributed by atoms with Crippen LogP contribution in [0.1, 0.15) is 72.1 Å². The molecule has 0 rings (SSSR count). The van der Waals surface area contributed by atoms with Gasteiger partial charge in [0.25, 0.3) is 7.82 Å². The molecule has 0 radical (unpaired) electrons. The number of carbonyl (C=O) groups excluding carboxylic acids is 3. The molecule has 284 valence electrons. The number of carbonyl (C=O) groups is 4. The average molecular weight is 774 g/mol. The molecule has 0 aromatic carbocycles. The van der Waals surface area contributed by atoms with E-state index in [0.29, 0.717) is 17.4 Å². The first-order chi connectivity index (χ1) is 22.6. The number of amides is 1. The number of aliphatic carboxylic acids is 1. The Bertz CT molecular complexity index is 1170. The number of rotatable bonds is 27. The first-order valence-electron chi connectivity index (χ1n) is 16.1. The molecule has 0 bridgehead atoms. The highest BCUT2D eigenvalue weighted by Gasteiger charge is 2.56. The summed E-state index contributed by atoms with van der Waals surface area (Å²) in [5.74, 6) is -2.52. The second kappa shape index (κ2) is 22.4. The normalized spacial score (nSPS) is 17.2. The fourth-order valence-electron chi connectivity index (χ4n) is 4.74. The summed E-state index contributed by atoms with van der Waals surface area (Å²) < 4.78 is 32.9. The van der Waals surface area contributed by atoms with Crippen LogP contribution < -0.4 is 10.2 Å². The van der Waals surface area contributed by atoms with Crippen molar-refractivity contribution in [2.45, 2.75) is 77.4 Å². The van der Waals surface area contributed by atoms with Crippen LogP contribution in [0.5, 0.6) is 0 Å². The van der Waals surface area contributed by atoms with Gasteiger partial charge < -0.3 is 38.3 Å². The minimum absolute atomic E-state index is 0.00237. The van der Waals surface area contributed by atoms with E-state index in [9.17, 15) is 39.0 Å². The van der Waals surface area contributed by atoms with Crippen LogP contribution in [0, 0.1) is 27.6 Å². The van der Waals surface area contributed by atoms with Gasteiger partial charge in [0, 0.05) is 23.8 Å². The summed E-state index contributed by atoms with van der Waals surface area (Å²) in [5.41, 5.74) is -4.86.